The van der Waals surface area contributed by atoms with E-state index in [2.05, 4.69) is 6.92 Å². The van der Waals surface area contributed by atoms with Gasteiger partial charge in [0.1, 0.15) is 0 Å². The highest BCUT2D eigenvalue weighted by atomic mass is 35.5. The minimum Gasteiger partial charge on any atom is -0.466 e. The first-order chi connectivity index (χ1) is 7.17. The van der Waals surface area contributed by atoms with Crippen LogP contribution in [0.4, 0.5) is 0 Å². The molecule has 1 aliphatic heterocycles. The Hall–Kier alpha value is -0.280. The molecule has 0 aromatic carbocycles. The lowest BCUT2D eigenvalue weighted by Gasteiger charge is -2.34. The highest BCUT2D eigenvalue weighted by Gasteiger charge is 2.29. The molecule has 1 rings (SSSR count). The molecule has 0 amide bonds. The first kappa shape index (κ1) is 12.8. The van der Waals surface area contributed by atoms with E-state index in [1.807, 2.05) is 11.3 Å². The molecule has 15 heavy (non-hydrogen) atoms. The van der Waals surface area contributed by atoms with Gasteiger partial charge in [-0.3, -0.25) is 4.79 Å². The van der Waals surface area contributed by atoms with Gasteiger partial charge in [0.15, 0.2) is 0 Å². The molecule has 0 aromatic rings. The van der Waals surface area contributed by atoms with Crippen molar-refractivity contribution in [2.45, 2.75) is 33.1 Å². The molecule has 88 valence electrons. The Labute approximate surface area is 96.8 Å². The van der Waals surface area contributed by atoms with Crippen molar-refractivity contribution >= 4 is 17.7 Å². The van der Waals surface area contributed by atoms with Crippen molar-refractivity contribution in [1.29, 1.82) is 0 Å². The fourth-order valence-corrected chi connectivity index (χ4v) is 2.48. The van der Waals surface area contributed by atoms with Gasteiger partial charge >= 0.3 is 5.97 Å². The summed E-state index contributed by atoms with van der Waals surface area (Å²) in [6, 6.07) is 0. The zero-order valence-corrected chi connectivity index (χ0v) is 10.3. The number of halogens is 1. The van der Waals surface area contributed by atoms with Crippen LogP contribution in [-0.2, 0) is 9.53 Å². The maximum Gasteiger partial charge on any atom is 0.306 e. The zero-order valence-electron chi connectivity index (χ0n) is 9.54. The average Bonchev–Trinajstić information content (AvgIpc) is 2.21. The van der Waals surface area contributed by atoms with E-state index >= 15 is 0 Å². The monoisotopic (exact) mass is 233 g/mol. The van der Waals surface area contributed by atoms with Crippen molar-refractivity contribution in [2.24, 2.45) is 11.8 Å². The quantitative estimate of drug-likeness (QED) is 0.552. The minimum atomic E-state index is -0.0658. The summed E-state index contributed by atoms with van der Waals surface area (Å²) in [5.74, 6) is 0.911. The average molecular weight is 234 g/mol. The summed E-state index contributed by atoms with van der Waals surface area (Å²) in [5, 5.41) is 0. The highest BCUT2D eigenvalue weighted by molar-refractivity contribution is 6.13. The molecule has 4 heteroatoms. The van der Waals surface area contributed by atoms with E-state index in [1.165, 1.54) is 0 Å². The topological polar surface area (TPSA) is 29.5 Å². The fraction of sp³-hybridized carbons (Fsp3) is 0.909. The van der Waals surface area contributed by atoms with Crippen molar-refractivity contribution in [2.75, 3.05) is 19.7 Å². The van der Waals surface area contributed by atoms with E-state index in [0.29, 0.717) is 24.9 Å². The maximum atomic E-state index is 11.4. The zero-order chi connectivity index (χ0) is 11.3. The van der Waals surface area contributed by atoms with Crippen LogP contribution >= 0.6 is 11.8 Å². The number of ether oxygens (including phenoxy) is 1. The largest absolute Gasteiger partial charge is 0.466 e. The lowest BCUT2D eigenvalue weighted by molar-refractivity contribution is -0.145. The second-order valence-corrected chi connectivity index (χ2v) is 4.57. The first-order valence-electron chi connectivity index (χ1n) is 5.73. The van der Waals surface area contributed by atoms with Gasteiger partial charge in [-0.2, -0.15) is 0 Å². The summed E-state index contributed by atoms with van der Waals surface area (Å²) < 4.78 is 6.81. The van der Waals surface area contributed by atoms with E-state index in [0.717, 1.165) is 25.9 Å². The molecule has 0 N–H and O–H groups in total. The van der Waals surface area contributed by atoms with E-state index < -0.39 is 0 Å². The summed E-state index contributed by atoms with van der Waals surface area (Å²) in [7, 11) is 0. The molecule has 0 spiro atoms. The van der Waals surface area contributed by atoms with E-state index in [4.69, 9.17) is 16.5 Å². The molecular weight excluding hydrogens is 214 g/mol. The van der Waals surface area contributed by atoms with Gasteiger partial charge < -0.3 is 4.74 Å². The SMILES string of the molecule is CCOC(=O)C[C@@H]1CCN(Cl)C[C@H]1CC. The van der Waals surface area contributed by atoms with Crippen LogP contribution in [0.15, 0.2) is 0 Å². The van der Waals surface area contributed by atoms with Crippen molar-refractivity contribution < 1.29 is 9.53 Å². The molecule has 1 aliphatic rings. The molecule has 1 fully saturated rings. The number of carbonyl (C=O) groups is 1. The molecule has 0 radical (unpaired) electrons. The van der Waals surface area contributed by atoms with Crippen molar-refractivity contribution in [3.63, 3.8) is 0 Å². The Morgan fingerprint density at radius 1 is 1.47 bits per heavy atom. The molecule has 2 atom stereocenters. The fourth-order valence-electron chi connectivity index (χ4n) is 2.20. The van der Waals surface area contributed by atoms with Crippen LogP contribution in [0.3, 0.4) is 0 Å². The number of hydrogen-bond donors (Lipinski definition) is 0. The van der Waals surface area contributed by atoms with Crippen molar-refractivity contribution in [3.8, 4) is 0 Å². The summed E-state index contributed by atoms with van der Waals surface area (Å²) in [4.78, 5) is 11.4. The molecule has 0 saturated carbocycles. The molecule has 0 bridgehead atoms. The summed E-state index contributed by atoms with van der Waals surface area (Å²) >= 11 is 5.97. The Bertz CT molecular complexity index is 211. The van der Waals surface area contributed by atoms with Gasteiger partial charge in [0.25, 0.3) is 0 Å². The highest BCUT2D eigenvalue weighted by Crippen LogP contribution is 2.29. The summed E-state index contributed by atoms with van der Waals surface area (Å²) in [5.41, 5.74) is 0. The second kappa shape index (κ2) is 6.33. The van der Waals surface area contributed by atoms with E-state index in [1.54, 1.807) is 0 Å². The maximum absolute atomic E-state index is 11.4. The molecule has 1 heterocycles. The van der Waals surface area contributed by atoms with Crippen LogP contribution in [-0.4, -0.2) is 30.1 Å². The van der Waals surface area contributed by atoms with Crippen LogP contribution in [0.1, 0.15) is 33.1 Å². The van der Waals surface area contributed by atoms with Gasteiger partial charge in [-0.1, -0.05) is 13.3 Å². The van der Waals surface area contributed by atoms with Gasteiger partial charge in [-0.15, -0.1) is 0 Å². The molecule has 3 nitrogen and oxygen atoms in total. The number of nitrogens with zero attached hydrogens (tertiary/aromatic N) is 1. The molecule has 0 aliphatic carbocycles. The third-order valence-corrected chi connectivity index (χ3v) is 3.41. The summed E-state index contributed by atoms with van der Waals surface area (Å²) in [6.07, 6.45) is 2.63. The second-order valence-electron chi connectivity index (χ2n) is 4.10. The minimum absolute atomic E-state index is 0.0658. The van der Waals surface area contributed by atoms with Crippen molar-refractivity contribution in [1.82, 2.24) is 4.42 Å². The number of rotatable bonds is 4. The van der Waals surface area contributed by atoms with Gasteiger partial charge in [0, 0.05) is 19.5 Å². The molecule has 1 saturated heterocycles. The lowest BCUT2D eigenvalue weighted by atomic mass is 9.82. The molecule has 0 unspecified atom stereocenters. The Balaban J connectivity index is 2.42. The van der Waals surface area contributed by atoms with Crippen LogP contribution in [0.25, 0.3) is 0 Å². The molecule has 0 aromatic heterocycles. The normalized spacial score (nSPS) is 27.7. The van der Waals surface area contributed by atoms with Crippen LogP contribution in [0.5, 0.6) is 0 Å². The van der Waals surface area contributed by atoms with Crippen LogP contribution in [0.2, 0.25) is 0 Å². The smallest absolute Gasteiger partial charge is 0.306 e. The predicted molar refractivity (Wildman–Crippen MR) is 60.6 cm³/mol. The Morgan fingerprint density at radius 3 is 2.80 bits per heavy atom. The standard InChI is InChI=1S/C11H20ClNO2/c1-3-9-8-13(12)6-5-10(9)7-11(14)15-4-2/h9-10H,3-8H2,1-2H3/t9-,10+/m1/s1. The van der Waals surface area contributed by atoms with Gasteiger partial charge in [0.05, 0.1) is 6.61 Å². The van der Waals surface area contributed by atoms with E-state index in [-0.39, 0.29) is 5.97 Å². The third-order valence-electron chi connectivity index (χ3n) is 3.10. The Kier molecular flexibility index (Phi) is 5.40. The van der Waals surface area contributed by atoms with Crippen LogP contribution in [0, 0.1) is 11.8 Å². The van der Waals surface area contributed by atoms with Gasteiger partial charge in [-0.25, -0.2) is 4.42 Å². The predicted octanol–water partition coefficient (Wildman–Crippen LogP) is 2.44. The van der Waals surface area contributed by atoms with Gasteiger partial charge in [-0.05, 0) is 37.0 Å². The Morgan fingerprint density at radius 2 is 2.20 bits per heavy atom. The number of esters is 1. The number of hydrogen-bond acceptors (Lipinski definition) is 3. The lowest BCUT2D eigenvalue weighted by Crippen LogP contribution is -2.36. The number of piperidine rings is 1. The van der Waals surface area contributed by atoms with Crippen molar-refractivity contribution in [3.05, 3.63) is 0 Å². The first-order valence-corrected chi connectivity index (χ1v) is 6.07. The van der Waals surface area contributed by atoms with E-state index in [9.17, 15) is 4.79 Å². The third kappa shape index (κ3) is 3.99. The molecular formula is C11H20ClNO2. The summed E-state index contributed by atoms with van der Waals surface area (Å²) in [6.45, 7) is 6.24. The van der Waals surface area contributed by atoms with Crippen LogP contribution < -0.4 is 0 Å². The van der Waals surface area contributed by atoms with Gasteiger partial charge in [0.2, 0.25) is 0 Å². The number of carbonyl (C=O) groups excluding carboxylic acids is 1.